The van der Waals surface area contributed by atoms with Gasteiger partial charge < -0.3 is 9.84 Å². The summed E-state index contributed by atoms with van der Waals surface area (Å²) in [6.45, 7) is 7.92. The van der Waals surface area contributed by atoms with Crippen molar-refractivity contribution in [3.63, 3.8) is 0 Å². The van der Waals surface area contributed by atoms with Crippen LogP contribution in [0.4, 0.5) is 10.5 Å². The highest BCUT2D eigenvalue weighted by Crippen LogP contribution is 2.42. The Labute approximate surface area is 204 Å². The van der Waals surface area contributed by atoms with Gasteiger partial charge in [0.05, 0.1) is 30.2 Å². The number of carbonyl (C=O) groups excluding carboxylic acids is 1. The lowest BCUT2D eigenvalue weighted by Crippen LogP contribution is -2.56. The first-order chi connectivity index (χ1) is 16.4. The zero-order valence-electron chi connectivity index (χ0n) is 20.0. The zero-order valence-corrected chi connectivity index (χ0v) is 20.8. The van der Waals surface area contributed by atoms with Gasteiger partial charge in [0.2, 0.25) is 0 Å². The van der Waals surface area contributed by atoms with Crippen LogP contribution in [0.1, 0.15) is 33.6 Å². The van der Waals surface area contributed by atoms with E-state index < -0.39 is 49.3 Å². The molecular formula is C23H31N3O8S. The number of carbonyl (C=O) groups is 1. The fourth-order valence-electron chi connectivity index (χ4n) is 3.97. The number of aliphatic hydroxyl groups is 1. The molecule has 0 radical (unpaired) electrons. The van der Waals surface area contributed by atoms with E-state index in [0.717, 1.165) is 25.0 Å². The molecule has 0 saturated heterocycles. The second-order valence-corrected chi connectivity index (χ2v) is 11.2. The number of nitrogens with zero attached hydrogens (tertiary/aromatic N) is 3. The van der Waals surface area contributed by atoms with Crippen LogP contribution in [0.25, 0.3) is 0 Å². The van der Waals surface area contributed by atoms with Crippen molar-refractivity contribution in [3.8, 4) is 0 Å². The molecule has 12 heteroatoms. The number of benzene rings is 1. The number of sulfonamides is 1. The summed E-state index contributed by atoms with van der Waals surface area (Å²) in [4.78, 5) is 30.1. The maximum Gasteiger partial charge on any atom is 0.410 e. The maximum absolute atomic E-state index is 13.7. The van der Waals surface area contributed by atoms with Crippen molar-refractivity contribution >= 4 is 21.8 Å². The average molecular weight is 510 g/mol. The third-order valence-corrected chi connectivity index (χ3v) is 7.30. The molecule has 11 nitrogen and oxygen atoms in total. The molecule has 192 valence electrons. The minimum atomic E-state index is -4.55. The fraction of sp³-hybridized carbons (Fsp3) is 0.522. The molecule has 1 amide bonds. The highest BCUT2D eigenvalue weighted by atomic mass is 32.2. The largest absolute Gasteiger partial charge is 0.444 e. The molecule has 2 atom stereocenters. The number of hydrogen-bond acceptors (Lipinski definition) is 8. The average Bonchev–Trinajstić information content (AvgIpc) is 3.62. The molecule has 0 spiro atoms. The van der Waals surface area contributed by atoms with Gasteiger partial charge in [-0.3, -0.25) is 19.9 Å². The predicted octanol–water partition coefficient (Wildman–Crippen LogP) is 3.02. The summed E-state index contributed by atoms with van der Waals surface area (Å²) >= 11 is 0. The fourth-order valence-corrected chi connectivity index (χ4v) is 5.50. The van der Waals surface area contributed by atoms with E-state index in [0.29, 0.717) is 10.0 Å². The Bertz CT molecular complexity index is 1110. The summed E-state index contributed by atoms with van der Waals surface area (Å²) < 4.78 is 33.5. The van der Waals surface area contributed by atoms with Gasteiger partial charge in [-0.2, -0.15) is 0 Å². The van der Waals surface area contributed by atoms with E-state index >= 15 is 0 Å². The molecular weight excluding hydrogens is 478 g/mol. The molecule has 1 aliphatic carbocycles. The van der Waals surface area contributed by atoms with Gasteiger partial charge in [0.15, 0.2) is 4.90 Å². The molecule has 3 rings (SSSR count). The summed E-state index contributed by atoms with van der Waals surface area (Å²) in [6.07, 6.45) is 3.98. The number of hydrogen-bond donors (Lipinski definition) is 1. The Balaban J connectivity index is 2.09. The van der Waals surface area contributed by atoms with Crippen molar-refractivity contribution in [2.45, 2.75) is 56.2 Å². The molecule has 1 heterocycles. The molecule has 1 aromatic rings. The number of aliphatic hydroxyl groups excluding tert-OH is 1. The second kappa shape index (κ2) is 10.4. The highest BCUT2D eigenvalue weighted by Gasteiger charge is 2.45. The van der Waals surface area contributed by atoms with Crippen molar-refractivity contribution in [2.75, 3.05) is 19.8 Å². The van der Waals surface area contributed by atoms with E-state index in [4.69, 9.17) is 9.57 Å². The van der Waals surface area contributed by atoms with Gasteiger partial charge in [-0.15, -0.1) is 6.58 Å². The lowest BCUT2D eigenvalue weighted by atomic mass is 9.94. The van der Waals surface area contributed by atoms with E-state index in [-0.39, 0.29) is 25.7 Å². The summed E-state index contributed by atoms with van der Waals surface area (Å²) in [6, 6.07) is 3.28. The number of para-hydroxylation sites is 1. The minimum absolute atomic E-state index is 0.0786. The van der Waals surface area contributed by atoms with Gasteiger partial charge in [-0.25, -0.2) is 13.2 Å². The molecule has 2 aliphatic rings. The highest BCUT2D eigenvalue weighted by molar-refractivity contribution is 7.89. The van der Waals surface area contributed by atoms with E-state index in [1.807, 2.05) is 0 Å². The normalized spacial score (nSPS) is 20.9. The second-order valence-electron chi connectivity index (χ2n) is 9.41. The number of ether oxygens (including phenoxy) is 1. The number of nitro benzene ring substituents is 1. The molecule has 1 aliphatic heterocycles. The number of hydroxylamine groups is 1. The van der Waals surface area contributed by atoms with Crippen molar-refractivity contribution in [1.82, 2.24) is 9.37 Å². The van der Waals surface area contributed by atoms with Crippen molar-refractivity contribution in [2.24, 2.45) is 5.92 Å². The number of rotatable bonds is 9. The van der Waals surface area contributed by atoms with Crippen LogP contribution in [-0.2, 0) is 19.6 Å². The third-order valence-electron chi connectivity index (χ3n) is 5.55. The van der Waals surface area contributed by atoms with Crippen LogP contribution >= 0.6 is 0 Å². The maximum atomic E-state index is 13.7. The Morgan fingerprint density at radius 2 is 2.00 bits per heavy atom. The molecule has 0 bridgehead atoms. The van der Waals surface area contributed by atoms with Gasteiger partial charge in [0, 0.05) is 12.6 Å². The first-order valence-corrected chi connectivity index (χ1v) is 12.7. The van der Waals surface area contributed by atoms with Crippen molar-refractivity contribution in [1.29, 1.82) is 0 Å². The molecule has 1 fully saturated rings. The van der Waals surface area contributed by atoms with Crippen LogP contribution in [0.15, 0.2) is 53.5 Å². The first-order valence-electron chi connectivity index (χ1n) is 11.2. The van der Waals surface area contributed by atoms with Gasteiger partial charge in [-0.1, -0.05) is 28.8 Å². The van der Waals surface area contributed by atoms with Gasteiger partial charge in [0.25, 0.3) is 15.7 Å². The van der Waals surface area contributed by atoms with Crippen molar-refractivity contribution < 1.29 is 32.8 Å². The predicted molar refractivity (Wildman–Crippen MR) is 127 cm³/mol. The van der Waals surface area contributed by atoms with Crippen LogP contribution in [0.2, 0.25) is 0 Å². The third kappa shape index (κ3) is 6.07. The van der Waals surface area contributed by atoms with Crippen LogP contribution < -0.4 is 0 Å². The van der Waals surface area contributed by atoms with Crippen molar-refractivity contribution in [3.05, 3.63) is 58.7 Å². The lowest BCUT2D eigenvalue weighted by Gasteiger charge is -2.41. The van der Waals surface area contributed by atoms with E-state index in [9.17, 15) is 28.4 Å². The van der Waals surface area contributed by atoms with Crippen LogP contribution in [-0.4, -0.2) is 71.4 Å². The quantitative estimate of drug-likeness (QED) is 0.304. The summed E-state index contributed by atoms with van der Waals surface area (Å²) in [5.41, 5.74) is -0.706. The number of nitro groups is 1. The van der Waals surface area contributed by atoms with Gasteiger partial charge >= 0.3 is 6.09 Å². The molecule has 1 saturated carbocycles. The van der Waals surface area contributed by atoms with Crippen LogP contribution in [0.5, 0.6) is 0 Å². The van der Waals surface area contributed by atoms with E-state index in [2.05, 4.69) is 6.58 Å². The van der Waals surface area contributed by atoms with Gasteiger partial charge in [0.1, 0.15) is 5.60 Å². The topological polar surface area (TPSA) is 140 Å². The summed E-state index contributed by atoms with van der Waals surface area (Å²) in [5.74, 6) is 0.0786. The zero-order chi connectivity index (χ0) is 26.0. The van der Waals surface area contributed by atoms with Crippen LogP contribution in [0.3, 0.4) is 0 Å². The lowest BCUT2D eigenvalue weighted by molar-refractivity contribution is -0.387. The van der Waals surface area contributed by atoms with E-state index in [1.54, 1.807) is 26.8 Å². The standard InChI is InChI=1S/C23H31N3O8S/c1-5-12-33-26(35(31,32)21-9-7-6-8-19(21)25(29)30)17-13-18(16-10-11-16)20(15-27)24(14-17)22(28)34-23(2,3)4/h5-9,13,16-17,20,27H,1,10-12,14-15H2,2-4H3. The Hall–Kier alpha value is -2.80. The Kier molecular flexibility index (Phi) is 8.00. The molecule has 1 aromatic carbocycles. The molecule has 2 unspecified atom stereocenters. The Morgan fingerprint density at radius 1 is 1.34 bits per heavy atom. The smallest absolute Gasteiger partial charge is 0.410 e. The monoisotopic (exact) mass is 509 g/mol. The SMILES string of the molecule is C=CCON(C1C=C(C2CC2)C(CO)N(C(=O)OC(C)(C)C)C1)S(=O)(=O)c1ccccc1[N+](=O)[O-]. The molecule has 1 N–H and O–H groups in total. The number of amides is 1. The van der Waals surface area contributed by atoms with E-state index in [1.165, 1.54) is 23.1 Å². The first kappa shape index (κ1) is 26.8. The summed E-state index contributed by atoms with van der Waals surface area (Å²) in [7, 11) is -4.55. The van der Waals surface area contributed by atoms with Crippen LogP contribution in [0, 0.1) is 16.0 Å². The van der Waals surface area contributed by atoms with Gasteiger partial charge in [-0.05, 0) is 51.2 Å². The minimum Gasteiger partial charge on any atom is -0.444 e. The Morgan fingerprint density at radius 3 is 2.54 bits per heavy atom. The molecule has 0 aromatic heterocycles. The molecule has 35 heavy (non-hydrogen) atoms. The summed E-state index contributed by atoms with van der Waals surface area (Å²) in [5, 5.41) is 21.7.